The van der Waals surface area contributed by atoms with E-state index in [0.717, 1.165) is 24.9 Å². The third-order valence-electron chi connectivity index (χ3n) is 4.36. The lowest BCUT2D eigenvalue weighted by molar-refractivity contribution is -0.131. The first kappa shape index (κ1) is 16.6. The standard InChI is InChI=1S/C17H21FN4O2/c1-12(23)16-10-22(20-19-16)11-17(24)21-7-6-14(9-21)8-13-2-4-15(18)5-3-13/h2-5,10,12,14,23H,6-9,11H2,1H3. The van der Waals surface area contributed by atoms with Crippen LogP contribution in [0.25, 0.3) is 0 Å². The molecule has 2 atom stereocenters. The summed E-state index contributed by atoms with van der Waals surface area (Å²) in [7, 11) is 0. The molecule has 1 aliphatic rings. The molecule has 1 aromatic heterocycles. The maximum Gasteiger partial charge on any atom is 0.244 e. The number of aliphatic hydroxyl groups excluding tert-OH is 1. The van der Waals surface area contributed by atoms with E-state index in [1.807, 2.05) is 4.90 Å². The van der Waals surface area contributed by atoms with Crippen LogP contribution in [-0.2, 0) is 17.8 Å². The molecule has 128 valence electrons. The molecular formula is C17H21FN4O2. The molecule has 0 radical (unpaired) electrons. The highest BCUT2D eigenvalue weighted by molar-refractivity contribution is 5.76. The molecule has 0 aliphatic carbocycles. The summed E-state index contributed by atoms with van der Waals surface area (Å²) in [5, 5.41) is 17.1. The number of aromatic nitrogens is 3. The first-order chi connectivity index (χ1) is 11.5. The van der Waals surface area contributed by atoms with Crippen LogP contribution in [-0.4, -0.2) is 44.0 Å². The van der Waals surface area contributed by atoms with Crippen molar-refractivity contribution < 1.29 is 14.3 Å². The van der Waals surface area contributed by atoms with Crippen LogP contribution in [0.5, 0.6) is 0 Å². The van der Waals surface area contributed by atoms with E-state index >= 15 is 0 Å². The lowest BCUT2D eigenvalue weighted by Gasteiger charge is -2.16. The van der Waals surface area contributed by atoms with Gasteiger partial charge in [-0.1, -0.05) is 17.3 Å². The van der Waals surface area contributed by atoms with Gasteiger partial charge < -0.3 is 10.0 Å². The number of likely N-dealkylation sites (tertiary alicyclic amines) is 1. The highest BCUT2D eigenvalue weighted by Crippen LogP contribution is 2.21. The molecule has 1 N–H and O–H groups in total. The molecule has 2 aromatic rings. The first-order valence-electron chi connectivity index (χ1n) is 8.11. The topological polar surface area (TPSA) is 71.2 Å². The van der Waals surface area contributed by atoms with Crippen LogP contribution >= 0.6 is 0 Å². The molecule has 1 saturated heterocycles. The maximum absolute atomic E-state index is 12.9. The molecular weight excluding hydrogens is 311 g/mol. The fourth-order valence-corrected chi connectivity index (χ4v) is 3.00. The summed E-state index contributed by atoms with van der Waals surface area (Å²) >= 11 is 0. The highest BCUT2D eigenvalue weighted by atomic mass is 19.1. The van der Waals surface area contributed by atoms with E-state index in [0.29, 0.717) is 18.2 Å². The number of carbonyl (C=O) groups is 1. The highest BCUT2D eigenvalue weighted by Gasteiger charge is 2.26. The molecule has 24 heavy (non-hydrogen) atoms. The SMILES string of the molecule is CC(O)c1cn(CC(=O)N2CCC(Cc3ccc(F)cc3)C2)nn1. The van der Waals surface area contributed by atoms with Gasteiger partial charge in [0.1, 0.15) is 18.1 Å². The Hall–Kier alpha value is -2.28. The molecule has 1 fully saturated rings. The number of amides is 1. The lowest BCUT2D eigenvalue weighted by atomic mass is 9.99. The second kappa shape index (κ2) is 7.09. The van der Waals surface area contributed by atoms with E-state index < -0.39 is 6.10 Å². The number of hydrogen-bond donors (Lipinski definition) is 1. The molecule has 2 unspecified atom stereocenters. The van der Waals surface area contributed by atoms with Crippen molar-refractivity contribution in [2.75, 3.05) is 13.1 Å². The van der Waals surface area contributed by atoms with Gasteiger partial charge in [0.2, 0.25) is 5.91 Å². The monoisotopic (exact) mass is 332 g/mol. The third kappa shape index (κ3) is 3.97. The molecule has 6 nitrogen and oxygen atoms in total. The summed E-state index contributed by atoms with van der Waals surface area (Å²) < 4.78 is 14.4. The Morgan fingerprint density at radius 1 is 1.42 bits per heavy atom. The minimum absolute atomic E-state index is 0.00125. The lowest BCUT2D eigenvalue weighted by Crippen LogP contribution is -2.32. The minimum Gasteiger partial charge on any atom is -0.387 e. The fraction of sp³-hybridized carbons (Fsp3) is 0.471. The summed E-state index contributed by atoms with van der Waals surface area (Å²) in [5.74, 6) is 0.160. The number of benzene rings is 1. The maximum atomic E-state index is 12.9. The minimum atomic E-state index is -0.694. The quantitative estimate of drug-likeness (QED) is 0.902. The number of nitrogens with zero attached hydrogens (tertiary/aromatic N) is 4. The van der Waals surface area contributed by atoms with Gasteiger partial charge in [0.05, 0.1) is 12.3 Å². The zero-order valence-electron chi connectivity index (χ0n) is 13.6. The predicted octanol–water partition coefficient (Wildman–Crippen LogP) is 1.56. The Labute approximate surface area is 139 Å². The van der Waals surface area contributed by atoms with Crippen LogP contribution in [0.2, 0.25) is 0 Å². The van der Waals surface area contributed by atoms with E-state index in [2.05, 4.69) is 10.3 Å². The average Bonchev–Trinajstić information content (AvgIpc) is 3.19. The van der Waals surface area contributed by atoms with E-state index in [9.17, 15) is 14.3 Å². The number of hydrogen-bond acceptors (Lipinski definition) is 4. The van der Waals surface area contributed by atoms with Crippen molar-refractivity contribution in [3.63, 3.8) is 0 Å². The fourth-order valence-electron chi connectivity index (χ4n) is 3.00. The van der Waals surface area contributed by atoms with E-state index in [1.54, 1.807) is 25.3 Å². The third-order valence-corrected chi connectivity index (χ3v) is 4.36. The van der Waals surface area contributed by atoms with Gasteiger partial charge in [0.15, 0.2) is 0 Å². The molecule has 2 heterocycles. The molecule has 1 aromatic carbocycles. The van der Waals surface area contributed by atoms with E-state index in [4.69, 9.17) is 0 Å². The molecule has 1 amide bonds. The Balaban J connectivity index is 1.52. The van der Waals surface area contributed by atoms with Gasteiger partial charge in [-0.25, -0.2) is 9.07 Å². The normalized spacial score (nSPS) is 18.8. The zero-order chi connectivity index (χ0) is 17.1. The first-order valence-corrected chi connectivity index (χ1v) is 8.11. The van der Waals surface area contributed by atoms with E-state index in [-0.39, 0.29) is 18.3 Å². The van der Waals surface area contributed by atoms with Crippen LogP contribution < -0.4 is 0 Å². The Morgan fingerprint density at radius 2 is 2.17 bits per heavy atom. The Morgan fingerprint density at radius 3 is 2.83 bits per heavy atom. The summed E-state index contributed by atoms with van der Waals surface area (Å²) in [6, 6.07) is 6.54. The van der Waals surface area contributed by atoms with Crippen LogP contribution in [0.15, 0.2) is 30.5 Å². The van der Waals surface area contributed by atoms with Gasteiger partial charge in [-0.05, 0) is 43.4 Å². The van der Waals surface area contributed by atoms with Gasteiger partial charge in [0.25, 0.3) is 0 Å². The molecule has 0 spiro atoms. The van der Waals surface area contributed by atoms with Crippen molar-refractivity contribution in [1.29, 1.82) is 0 Å². The summed E-state index contributed by atoms with van der Waals surface area (Å²) in [6.45, 7) is 3.16. The van der Waals surface area contributed by atoms with Crippen molar-refractivity contribution in [2.45, 2.75) is 32.4 Å². The summed E-state index contributed by atoms with van der Waals surface area (Å²) in [4.78, 5) is 14.2. The van der Waals surface area contributed by atoms with Crippen molar-refractivity contribution in [1.82, 2.24) is 19.9 Å². The van der Waals surface area contributed by atoms with Gasteiger partial charge in [-0.15, -0.1) is 5.10 Å². The van der Waals surface area contributed by atoms with Gasteiger partial charge in [-0.2, -0.15) is 0 Å². The number of rotatable bonds is 5. The van der Waals surface area contributed by atoms with Crippen molar-refractivity contribution in [3.8, 4) is 0 Å². The molecule has 3 rings (SSSR count). The van der Waals surface area contributed by atoms with Crippen LogP contribution in [0.3, 0.4) is 0 Å². The summed E-state index contributed by atoms with van der Waals surface area (Å²) in [6.07, 6.45) is 2.69. The van der Waals surface area contributed by atoms with Gasteiger partial charge in [0, 0.05) is 13.1 Å². The molecule has 1 aliphatic heterocycles. The van der Waals surface area contributed by atoms with Crippen molar-refractivity contribution >= 4 is 5.91 Å². The largest absolute Gasteiger partial charge is 0.387 e. The number of halogens is 1. The Bertz CT molecular complexity index is 699. The van der Waals surface area contributed by atoms with Crippen LogP contribution in [0.4, 0.5) is 4.39 Å². The van der Waals surface area contributed by atoms with Crippen molar-refractivity contribution in [2.24, 2.45) is 5.92 Å². The van der Waals surface area contributed by atoms with E-state index in [1.165, 1.54) is 16.8 Å². The van der Waals surface area contributed by atoms with Gasteiger partial charge >= 0.3 is 0 Å². The smallest absolute Gasteiger partial charge is 0.244 e. The van der Waals surface area contributed by atoms with Crippen LogP contribution in [0.1, 0.15) is 30.7 Å². The Kier molecular flexibility index (Phi) is 4.89. The number of carbonyl (C=O) groups excluding carboxylic acids is 1. The van der Waals surface area contributed by atoms with Gasteiger partial charge in [-0.3, -0.25) is 4.79 Å². The van der Waals surface area contributed by atoms with Crippen LogP contribution in [0, 0.1) is 11.7 Å². The molecule has 7 heteroatoms. The second-order valence-corrected chi connectivity index (χ2v) is 6.34. The second-order valence-electron chi connectivity index (χ2n) is 6.34. The number of aliphatic hydroxyl groups is 1. The predicted molar refractivity (Wildman–Crippen MR) is 85.4 cm³/mol. The molecule has 0 saturated carbocycles. The average molecular weight is 332 g/mol. The summed E-state index contributed by atoms with van der Waals surface area (Å²) in [5.41, 5.74) is 1.55. The zero-order valence-corrected chi connectivity index (χ0v) is 13.6. The van der Waals surface area contributed by atoms with Crippen molar-refractivity contribution in [3.05, 3.63) is 47.5 Å². The molecule has 0 bridgehead atoms.